The first kappa shape index (κ1) is 11.6. The molecule has 0 aromatic heterocycles. The summed E-state index contributed by atoms with van der Waals surface area (Å²) in [5, 5.41) is 0. The number of Topliss-reactive ketones (excluding diaryl/α,β-unsaturated/α-hetero) is 1. The number of ketones is 1. The van der Waals surface area contributed by atoms with Crippen molar-refractivity contribution in [1.82, 2.24) is 0 Å². The summed E-state index contributed by atoms with van der Waals surface area (Å²) < 4.78 is 0. The van der Waals surface area contributed by atoms with Crippen LogP contribution >= 0.6 is 0 Å². The maximum Gasteiger partial charge on any atom is 0.133 e. The fraction of sp³-hybridized carbons (Fsp3) is 0.900. The standard InChI is InChI=1S/C10H21NO/c1-9(2)8-10(12)6-4-3-5-7-11/h9H,3-8,11H2,1-2H3. The zero-order valence-electron chi connectivity index (χ0n) is 8.31. The molecule has 0 bridgehead atoms. The number of carbonyl (C=O) groups excluding carboxylic acids is 1. The number of nitrogens with two attached hydrogens (primary N) is 1. The van der Waals surface area contributed by atoms with Gasteiger partial charge >= 0.3 is 0 Å². The van der Waals surface area contributed by atoms with E-state index in [4.69, 9.17) is 5.73 Å². The molecule has 0 amide bonds. The van der Waals surface area contributed by atoms with Crippen molar-refractivity contribution in [2.75, 3.05) is 6.54 Å². The van der Waals surface area contributed by atoms with Crippen LogP contribution in [0.1, 0.15) is 46.0 Å². The van der Waals surface area contributed by atoms with Crippen molar-refractivity contribution in [3.63, 3.8) is 0 Å². The predicted octanol–water partition coefficient (Wildman–Crippen LogP) is 2.12. The van der Waals surface area contributed by atoms with E-state index in [0.717, 1.165) is 38.6 Å². The first-order valence-corrected chi connectivity index (χ1v) is 4.88. The highest BCUT2D eigenvalue weighted by molar-refractivity contribution is 5.78. The molecule has 0 aliphatic heterocycles. The number of carbonyl (C=O) groups is 1. The van der Waals surface area contributed by atoms with E-state index in [1.165, 1.54) is 0 Å². The van der Waals surface area contributed by atoms with Gasteiger partial charge in [0.25, 0.3) is 0 Å². The molecule has 2 nitrogen and oxygen atoms in total. The summed E-state index contributed by atoms with van der Waals surface area (Å²) in [6.07, 6.45) is 4.65. The van der Waals surface area contributed by atoms with E-state index >= 15 is 0 Å². The number of hydrogen-bond donors (Lipinski definition) is 1. The lowest BCUT2D eigenvalue weighted by Gasteiger charge is -2.02. The molecule has 0 saturated carbocycles. The van der Waals surface area contributed by atoms with Crippen LogP contribution in [0.5, 0.6) is 0 Å². The first-order valence-electron chi connectivity index (χ1n) is 4.88. The average molecular weight is 171 g/mol. The highest BCUT2D eigenvalue weighted by Gasteiger charge is 2.03. The summed E-state index contributed by atoms with van der Waals surface area (Å²) in [5.74, 6) is 0.911. The van der Waals surface area contributed by atoms with Crippen LogP contribution in [0.4, 0.5) is 0 Å². The molecule has 0 radical (unpaired) electrons. The number of unbranched alkanes of at least 4 members (excludes halogenated alkanes) is 2. The zero-order chi connectivity index (χ0) is 9.40. The minimum atomic E-state index is 0.405. The lowest BCUT2D eigenvalue weighted by atomic mass is 10.0. The van der Waals surface area contributed by atoms with Crippen molar-refractivity contribution in [3.05, 3.63) is 0 Å². The molecule has 0 unspecified atom stereocenters. The van der Waals surface area contributed by atoms with Gasteiger partial charge in [0.05, 0.1) is 0 Å². The van der Waals surface area contributed by atoms with E-state index in [1.807, 2.05) is 0 Å². The van der Waals surface area contributed by atoms with Crippen LogP contribution in [0.15, 0.2) is 0 Å². The Balaban J connectivity index is 3.20. The topological polar surface area (TPSA) is 43.1 Å². The minimum Gasteiger partial charge on any atom is -0.330 e. The fourth-order valence-electron chi connectivity index (χ4n) is 1.20. The van der Waals surface area contributed by atoms with E-state index in [1.54, 1.807) is 0 Å². The van der Waals surface area contributed by atoms with Gasteiger partial charge in [-0.05, 0) is 25.3 Å². The molecule has 72 valence electrons. The summed E-state index contributed by atoms with van der Waals surface area (Å²) in [7, 11) is 0. The molecule has 0 spiro atoms. The van der Waals surface area contributed by atoms with Gasteiger partial charge in [-0.1, -0.05) is 20.3 Å². The van der Waals surface area contributed by atoms with Crippen molar-refractivity contribution < 1.29 is 4.79 Å². The normalized spacial score (nSPS) is 10.7. The van der Waals surface area contributed by atoms with Crippen molar-refractivity contribution in [3.8, 4) is 0 Å². The van der Waals surface area contributed by atoms with Gasteiger partial charge in [0.15, 0.2) is 0 Å². The molecule has 0 aromatic carbocycles. The summed E-state index contributed by atoms with van der Waals surface area (Å²) >= 11 is 0. The van der Waals surface area contributed by atoms with E-state index in [2.05, 4.69) is 13.8 Å². The van der Waals surface area contributed by atoms with E-state index < -0.39 is 0 Å². The van der Waals surface area contributed by atoms with Gasteiger partial charge < -0.3 is 5.73 Å². The highest BCUT2D eigenvalue weighted by Crippen LogP contribution is 2.06. The Bertz CT molecular complexity index is 121. The van der Waals surface area contributed by atoms with Gasteiger partial charge in [-0.15, -0.1) is 0 Å². The Kier molecular flexibility index (Phi) is 7.06. The molecule has 0 aliphatic rings. The third kappa shape index (κ3) is 7.73. The van der Waals surface area contributed by atoms with E-state index in [-0.39, 0.29) is 0 Å². The molecule has 0 atom stereocenters. The second-order valence-corrected chi connectivity index (χ2v) is 3.74. The fourth-order valence-corrected chi connectivity index (χ4v) is 1.20. The van der Waals surface area contributed by atoms with Crippen LogP contribution in [0.3, 0.4) is 0 Å². The lowest BCUT2D eigenvalue weighted by molar-refractivity contribution is -0.119. The van der Waals surface area contributed by atoms with Crippen LogP contribution in [-0.4, -0.2) is 12.3 Å². The van der Waals surface area contributed by atoms with Crippen LogP contribution in [0, 0.1) is 5.92 Å². The second kappa shape index (κ2) is 7.29. The van der Waals surface area contributed by atoms with Crippen molar-refractivity contribution in [1.29, 1.82) is 0 Å². The largest absolute Gasteiger partial charge is 0.330 e. The highest BCUT2D eigenvalue weighted by atomic mass is 16.1. The van der Waals surface area contributed by atoms with Crippen LogP contribution in [-0.2, 0) is 4.79 Å². The summed E-state index contributed by atoms with van der Waals surface area (Å²) in [6.45, 7) is 4.91. The molecular formula is C10H21NO. The molecule has 0 heterocycles. The molecule has 0 saturated heterocycles. The summed E-state index contributed by atoms with van der Waals surface area (Å²) in [4.78, 5) is 11.2. The summed E-state index contributed by atoms with van der Waals surface area (Å²) in [6, 6.07) is 0. The van der Waals surface area contributed by atoms with Crippen molar-refractivity contribution in [2.45, 2.75) is 46.0 Å². The van der Waals surface area contributed by atoms with Gasteiger partial charge in [-0.2, -0.15) is 0 Å². The van der Waals surface area contributed by atoms with Gasteiger partial charge in [0.1, 0.15) is 5.78 Å². The lowest BCUT2D eigenvalue weighted by Crippen LogP contribution is -2.03. The van der Waals surface area contributed by atoms with E-state index in [0.29, 0.717) is 11.7 Å². The third-order valence-electron chi connectivity index (χ3n) is 1.80. The Hall–Kier alpha value is -0.370. The Morgan fingerprint density at radius 1 is 1.25 bits per heavy atom. The number of hydrogen-bond acceptors (Lipinski definition) is 2. The molecule has 0 fully saturated rings. The van der Waals surface area contributed by atoms with Gasteiger partial charge in [-0.3, -0.25) is 4.79 Å². The summed E-state index contributed by atoms with van der Waals surface area (Å²) in [5.41, 5.74) is 5.34. The van der Waals surface area contributed by atoms with Crippen molar-refractivity contribution >= 4 is 5.78 Å². The van der Waals surface area contributed by atoms with Gasteiger partial charge in [0.2, 0.25) is 0 Å². The molecule has 0 aliphatic carbocycles. The average Bonchev–Trinajstić information content (AvgIpc) is 1.97. The Morgan fingerprint density at radius 3 is 2.42 bits per heavy atom. The molecular weight excluding hydrogens is 150 g/mol. The monoisotopic (exact) mass is 171 g/mol. The molecule has 0 rings (SSSR count). The number of rotatable bonds is 7. The van der Waals surface area contributed by atoms with Crippen LogP contribution in [0.25, 0.3) is 0 Å². The van der Waals surface area contributed by atoms with Crippen LogP contribution in [0.2, 0.25) is 0 Å². The molecule has 2 N–H and O–H groups in total. The first-order chi connectivity index (χ1) is 5.66. The quantitative estimate of drug-likeness (QED) is 0.596. The maximum absolute atomic E-state index is 11.2. The van der Waals surface area contributed by atoms with Crippen molar-refractivity contribution in [2.24, 2.45) is 11.7 Å². The zero-order valence-corrected chi connectivity index (χ0v) is 8.31. The minimum absolute atomic E-state index is 0.405. The van der Waals surface area contributed by atoms with E-state index in [9.17, 15) is 4.79 Å². The predicted molar refractivity (Wildman–Crippen MR) is 52.0 cm³/mol. The smallest absolute Gasteiger partial charge is 0.133 e. The Morgan fingerprint density at radius 2 is 1.92 bits per heavy atom. The maximum atomic E-state index is 11.2. The molecule has 0 aromatic rings. The van der Waals surface area contributed by atoms with Gasteiger partial charge in [-0.25, -0.2) is 0 Å². The molecule has 12 heavy (non-hydrogen) atoms. The van der Waals surface area contributed by atoms with Gasteiger partial charge in [0, 0.05) is 12.8 Å². The Labute approximate surface area is 75.5 Å². The third-order valence-corrected chi connectivity index (χ3v) is 1.80. The van der Waals surface area contributed by atoms with Crippen LogP contribution < -0.4 is 5.73 Å². The molecule has 2 heteroatoms. The second-order valence-electron chi connectivity index (χ2n) is 3.74. The SMILES string of the molecule is CC(C)CC(=O)CCCCCN.